The van der Waals surface area contributed by atoms with E-state index >= 15 is 8.78 Å². The lowest BCUT2D eigenvalue weighted by Crippen LogP contribution is -2.47. The van der Waals surface area contributed by atoms with Crippen LogP contribution in [0.3, 0.4) is 0 Å². The Morgan fingerprint density at radius 3 is 2.52 bits per heavy atom. The van der Waals surface area contributed by atoms with E-state index in [-0.39, 0.29) is 21.4 Å². The second-order valence-electron chi connectivity index (χ2n) is 7.43. The molecule has 4 rings (SSSR count). The summed E-state index contributed by atoms with van der Waals surface area (Å²) in [5.74, 6) is -0.710. The number of rotatable bonds is 4. The van der Waals surface area contributed by atoms with Gasteiger partial charge in [-0.3, -0.25) is 4.79 Å². The fourth-order valence-electron chi connectivity index (χ4n) is 3.75. The molecule has 3 fully saturated rings. The highest BCUT2D eigenvalue weighted by Crippen LogP contribution is 2.48. The fraction of sp³-hybridized carbons (Fsp3) is 0.529. The monoisotopic (exact) mass is 415 g/mol. The normalized spacial score (nSPS) is 31.2. The van der Waals surface area contributed by atoms with Gasteiger partial charge in [0.1, 0.15) is 4.90 Å². The molecule has 0 unspecified atom stereocenters. The topological polar surface area (TPSA) is 81.5 Å². The highest BCUT2D eigenvalue weighted by molar-refractivity contribution is 7.89. The van der Waals surface area contributed by atoms with E-state index in [9.17, 15) is 13.2 Å². The number of nitriles is 1. The van der Waals surface area contributed by atoms with Crippen LogP contribution < -0.4 is 0 Å². The first kappa shape index (κ1) is 18.6. The number of fused-ring (bicyclic) bond motifs is 1. The maximum atomic E-state index is 15.4. The van der Waals surface area contributed by atoms with Crippen molar-refractivity contribution in [3.05, 3.63) is 28.8 Å². The summed E-state index contributed by atoms with van der Waals surface area (Å²) in [5.41, 5.74) is -5.33. The van der Waals surface area contributed by atoms with Crippen LogP contribution >= 0.6 is 11.6 Å². The smallest absolute Gasteiger partial charge is 0.265 e. The average molecular weight is 416 g/mol. The number of likely N-dealkylation sites (tertiary alicyclic amines) is 1. The van der Waals surface area contributed by atoms with Gasteiger partial charge in [0.05, 0.1) is 36.3 Å². The summed E-state index contributed by atoms with van der Waals surface area (Å²) in [6, 6.07) is 5.38. The molecule has 27 heavy (non-hydrogen) atoms. The van der Waals surface area contributed by atoms with Crippen molar-refractivity contribution in [1.82, 2.24) is 9.21 Å². The Morgan fingerprint density at radius 2 is 1.96 bits per heavy atom. The molecule has 1 amide bonds. The van der Waals surface area contributed by atoms with E-state index < -0.39 is 46.9 Å². The molecule has 0 N–H and O–H groups in total. The molecule has 10 heteroatoms. The second kappa shape index (κ2) is 5.87. The third-order valence-electron chi connectivity index (χ3n) is 5.45. The molecule has 1 aromatic rings. The Labute approximate surface area is 160 Å². The fourth-order valence-corrected chi connectivity index (χ4v) is 5.77. The Kier molecular flexibility index (Phi) is 4.04. The van der Waals surface area contributed by atoms with Gasteiger partial charge in [-0.15, -0.1) is 0 Å². The molecule has 6 nitrogen and oxygen atoms in total. The molecule has 1 aliphatic carbocycles. The number of sulfonamides is 1. The lowest BCUT2D eigenvalue weighted by atomic mass is 9.93. The molecule has 0 spiro atoms. The van der Waals surface area contributed by atoms with Gasteiger partial charge in [0.25, 0.3) is 5.91 Å². The van der Waals surface area contributed by atoms with E-state index in [1.54, 1.807) is 0 Å². The molecule has 3 aliphatic rings. The Morgan fingerprint density at radius 1 is 1.26 bits per heavy atom. The predicted octanol–water partition coefficient (Wildman–Crippen LogP) is 1.88. The third-order valence-corrected chi connectivity index (χ3v) is 7.73. The summed E-state index contributed by atoms with van der Waals surface area (Å²) in [5, 5.41) is 8.64. The van der Waals surface area contributed by atoms with E-state index in [0.717, 1.165) is 18.9 Å². The zero-order valence-electron chi connectivity index (χ0n) is 14.2. The number of amides is 1. The number of hydrogen-bond donors (Lipinski definition) is 0. The maximum absolute atomic E-state index is 15.4. The van der Waals surface area contributed by atoms with Crippen LogP contribution in [0.2, 0.25) is 5.02 Å². The average Bonchev–Trinajstić information content (AvgIpc) is 3.34. The zero-order valence-corrected chi connectivity index (χ0v) is 15.7. The highest BCUT2D eigenvalue weighted by Gasteiger charge is 2.72. The number of carbonyl (C=O) groups is 1. The minimum Gasteiger partial charge on any atom is -0.336 e. The van der Waals surface area contributed by atoms with Crippen molar-refractivity contribution in [2.45, 2.75) is 29.1 Å². The summed E-state index contributed by atoms with van der Waals surface area (Å²) >= 11 is 5.96. The van der Waals surface area contributed by atoms with Gasteiger partial charge in [-0.1, -0.05) is 11.6 Å². The molecule has 1 aromatic carbocycles. The van der Waals surface area contributed by atoms with Gasteiger partial charge in [-0.2, -0.15) is 9.57 Å². The van der Waals surface area contributed by atoms with E-state index in [2.05, 4.69) is 0 Å². The van der Waals surface area contributed by atoms with Gasteiger partial charge >= 0.3 is 0 Å². The minimum atomic E-state index is -4.32. The standard InChI is InChI=1S/C17H16ClF2N3O3S/c18-13-5-12(6-21)3-4-14(13)27(25,26)23-9-16(19)8-22(7-11-1-2-11)15(24)17(16,20)10-23/h3-5,11H,1-2,7-10H2/t16-,17-/m1/s1. The zero-order chi connectivity index (χ0) is 19.6. The quantitative estimate of drug-likeness (QED) is 0.752. The van der Waals surface area contributed by atoms with Crippen molar-refractivity contribution < 1.29 is 22.0 Å². The molecule has 2 aliphatic heterocycles. The number of benzene rings is 1. The summed E-state index contributed by atoms with van der Waals surface area (Å²) < 4.78 is 57.0. The Balaban J connectivity index is 1.63. The lowest BCUT2D eigenvalue weighted by Gasteiger charge is -2.22. The van der Waals surface area contributed by atoms with Gasteiger partial charge in [0.15, 0.2) is 5.67 Å². The van der Waals surface area contributed by atoms with Gasteiger partial charge in [-0.05, 0) is 37.0 Å². The molecular weight excluding hydrogens is 400 g/mol. The van der Waals surface area contributed by atoms with Crippen LogP contribution in [0.25, 0.3) is 0 Å². The van der Waals surface area contributed by atoms with Crippen LogP contribution in [0.15, 0.2) is 23.1 Å². The van der Waals surface area contributed by atoms with Crippen molar-refractivity contribution in [1.29, 1.82) is 5.26 Å². The van der Waals surface area contributed by atoms with Crippen LogP contribution in [0.5, 0.6) is 0 Å². The number of alkyl halides is 2. The molecule has 1 saturated carbocycles. The SMILES string of the molecule is N#Cc1ccc(S(=O)(=O)N2C[C@]3(F)CN(CC4CC4)C(=O)[C@]3(F)C2)c(Cl)c1. The molecule has 0 radical (unpaired) electrons. The van der Waals surface area contributed by atoms with Crippen molar-refractivity contribution in [2.75, 3.05) is 26.2 Å². The summed E-state index contributed by atoms with van der Waals surface area (Å²) in [6.07, 6.45) is 1.86. The number of hydrogen-bond acceptors (Lipinski definition) is 4. The van der Waals surface area contributed by atoms with E-state index in [4.69, 9.17) is 16.9 Å². The molecule has 2 heterocycles. The van der Waals surface area contributed by atoms with E-state index in [0.29, 0.717) is 10.8 Å². The largest absolute Gasteiger partial charge is 0.336 e. The number of carbonyl (C=O) groups excluding carboxylic acids is 1. The number of halogens is 3. The first-order valence-corrected chi connectivity index (χ1v) is 10.3. The molecule has 2 atom stereocenters. The van der Waals surface area contributed by atoms with Crippen LogP contribution in [0, 0.1) is 17.2 Å². The molecule has 2 saturated heterocycles. The highest BCUT2D eigenvalue weighted by atomic mass is 35.5. The maximum Gasteiger partial charge on any atom is 0.265 e. The van der Waals surface area contributed by atoms with E-state index in [1.165, 1.54) is 17.0 Å². The van der Waals surface area contributed by atoms with Crippen LogP contribution in [0.1, 0.15) is 18.4 Å². The predicted molar refractivity (Wildman–Crippen MR) is 91.9 cm³/mol. The summed E-state index contributed by atoms with van der Waals surface area (Å²) in [6.45, 7) is -1.78. The Hall–Kier alpha value is -1.76. The first-order chi connectivity index (χ1) is 12.6. The third kappa shape index (κ3) is 2.73. The Bertz CT molecular complexity index is 978. The molecular formula is C17H16ClF2N3O3S. The van der Waals surface area contributed by atoms with Crippen LogP contribution in [-0.4, -0.2) is 61.0 Å². The minimum absolute atomic E-state index is 0.159. The lowest BCUT2D eigenvalue weighted by molar-refractivity contribution is -0.139. The van der Waals surface area contributed by atoms with Crippen LogP contribution in [0.4, 0.5) is 8.78 Å². The van der Waals surface area contributed by atoms with Crippen molar-refractivity contribution in [3.63, 3.8) is 0 Å². The van der Waals surface area contributed by atoms with Gasteiger partial charge in [0.2, 0.25) is 15.7 Å². The van der Waals surface area contributed by atoms with Gasteiger partial charge in [0, 0.05) is 6.54 Å². The van der Waals surface area contributed by atoms with Crippen molar-refractivity contribution >= 4 is 27.5 Å². The van der Waals surface area contributed by atoms with Crippen molar-refractivity contribution in [3.8, 4) is 6.07 Å². The first-order valence-electron chi connectivity index (χ1n) is 8.48. The molecule has 0 bridgehead atoms. The molecule has 0 aromatic heterocycles. The van der Waals surface area contributed by atoms with Gasteiger partial charge in [-0.25, -0.2) is 17.2 Å². The van der Waals surface area contributed by atoms with Crippen LogP contribution in [-0.2, 0) is 14.8 Å². The van der Waals surface area contributed by atoms with Crippen molar-refractivity contribution in [2.24, 2.45) is 5.92 Å². The second-order valence-corrected chi connectivity index (χ2v) is 9.74. The van der Waals surface area contributed by atoms with E-state index in [1.807, 2.05) is 6.07 Å². The number of nitrogens with zero attached hydrogens (tertiary/aromatic N) is 3. The molecule has 144 valence electrons. The summed E-state index contributed by atoms with van der Waals surface area (Å²) in [4.78, 5) is 13.3. The summed E-state index contributed by atoms with van der Waals surface area (Å²) in [7, 11) is -4.32. The van der Waals surface area contributed by atoms with Gasteiger partial charge < -0.3 is 4.90 Å².